The highest BCUT2D eigenvalue weighted by molar-refractivity contribution is 5.60. The molecule has 1 aromatic rings. The Labute approximate surface area is 59.6 Å². The van der Waals surface area contributed by atoms with Gasteiger partial charge in [-0.1, -0.05) is 30.4 Å². The molecule has 0 aliphatic heterocycles. The first kappa shape index (κ1) is 5.69. The van der Waals surface area contributed by atoms with E-state index in [2.05, 4.69) is 6.07 Å². The minimum atomic E-state index is -0.410. The van der Waals surface area contributed by atoms with Crippen LogP contribution in [-0.2, 0) is 0 Å². The lowest BCUT2D eigenvalue weighted by Crippen LogP contribution is -1.88. The summed E-state index contributed by atoms with van der Waals surface area (Å²) in [6.07, 6.45) is 3.24. The van der Waals surface area contributed by atoms with Crippen LogP contribution in [0.3, 0.4) is 0 Å². The van der Waals surface area contributed by atoms with Gasteiger partial charge >= 0.3 is 0 Å². The van der Waals surface area contributed by atoms with Gasteiger partial charge in [-0.25, -0.2) is 0 Å². The monoisotopic (exact) mass is 131 g/mol. The summed E-state index contributed by atoms with van der Waals surface area (Å²) in [5, 5.41) is 9.27. The van der Waals surface area contributed by atoms with Crippen LogP contribution in [0.5, 0.6) is 0 Å². The largest absolute Gasteiger partial charge is 0.384 e. The smallest absolute Gasteiger partial charge is 0.0981 e. The zero-order valence-corrected chi connectivity index (χ0v) is 5.41. The van der Waals surface area contributed by atoms with Crippen molar-refractivity contribution in [2.24, 2.45) is 0 Å². The Balaban J connectivity index is 2.59. The van der Waals surface area contributed by atoms with Gasteiger partial charge in [0, 0.05) is 0 Å². The Hall–Kier alpha value is -1.08. The molecular formula is C9H7O. The Morgan fingerprint density at radius 3 is 3.20 bits per heavy atom. The summed E-state index contributed by atoms with van der Waals surface area (Å²) in [5.74, 6) is 0. The van der Waals surface area contributed by atoms with Gasteiger partial charge in [-0.3, -0.25) is 0 Å². The van der Waals surface area contributed by atoms with Crippen molar-refractivity contribution in [1.82, 2.24) is 0 Å². The van der Waals surface area contributed by atoms with Crippen molar-refractivity contribution in [3.63, 3.8) is 0 Å². The standard InChI is InChI=1S/C9H7O/c10-9-6-5-7-3-1-2-4-8(7)9/h1-2,4-6,9-10H. The van der Waals surface area contributed by atoms with Gasteiger partial charge in [-0.05, 0) is 17.2 Å². The highest BCUT2D eigenvalue weighted by Crippen LogP contribution is 2.26. The van der Waals surface area contributed by atoms with Gasteiger partial charge < -0.3 is 5.11 Å². The molecule has 1 unspecified atom stereocenters. The van der Waals surface area contributed by atoms with Crippen LogP contribution in [0, 0.1) is 6.07 Å². The normalized spacial score (nSPS) is 21.1. The van der Waals surface area contributed by atoms with Crippen LogP contribution in [-0.4, -0.2) is 5.11 Å². The number of hydrogen-bond acceptors (Lipinski definition) is 1. The van der Waals surface area contributed by atoms with E-state index in [0.29, 0.717) is 0 Å². The molecule has 0 heterocycles. The molecular weight excluding hydrogens is 124 g/mol. The van der Waals surface area contributed by atoms with Crippen molar-refractivity contribution >= 4 is 6.08 Å². The van der Waals surface area contributed by atoms with E-state index in [4.69, 9.17) is 0 Å². The molecule has 0 aromatic heterocycles. The van der Waals surface area contributed by atoms with E-state index >= 15 is 0 Å². The van der Waals surface area contributed by atoms with Crippen LogP contribution in [0.4, 0.5) is 0 Å². The first-order valence-corrected chi connectivity index (χ1v) is 3.25. The summed E-state index contributed by atoms with van der Waals surface area (Å²) in [7, 11) is 0. The molecule has 1 nitrogen and oxygen atoms in total. The molecule has 0 bridgehead atoms. The summed E-state index contributed by atoms with van der Waals surface area (Å²) in [5.41, 5.74) is 1.97. The Morgan fingerprint density at radius 2 is 2.40 bits per heavy atom. The maximum absolute atomic E-state index is 9.27. The zero-order chi connectivity index (χ0) is 6.97. The van der Waals surface area contributed by atoms with Crippen LogP contribution in [0.1, 0.15) is 17.2 Å². The first-order chi connectivity index (χ1) is 4.88. The number of hydrogen-bond donors (Lipinski definition) is 1. The molecule has 1 aliphatic carbocycles. The van der Waals surface area contributed by atoms with Crippen LogP contribution in [0.2, 0.25) is 0 Å². The van der Waals surface area contributed by atoms with Crippen LogP contribution in [0.15, 0.2) is 24.3 Å². The van der Waals surface area contributed by atoms with Crippen molar-refractivity contribution < 1.29 is 5.11 Å². The van der Waals surface area contributed by atoms with E-state index in [1.54, 1.807) is 6.08 Å². The molecule has 1 N–H and O–H groups in total. The average Bonchev–Trinajstić information content (AvgIpc) is 2.34. The fourth-order valence-electron chi connectivity index (χ4n) is 1.16. The summed E-state index contributed by atoms with van der Waals surface area (Å²) < 4.78 is 0. The van der Waals surface area contributed by atoms with Gasteiger partial charge in [-0.2, -0.15) is 0 Å². The maximum atomic E-state index is 9.27. The molecule has 1 aliphatic rings. The third-order valence-electron chi connectivity index (χ3n) is 1.69. The molecule has 0 saturated heterocycles. The number of rotatable bonds is 0. The maximum Gasteiger partial charge on any atom is 0.0981 e. The van der Waals surface area contributed by atoms with Crippen LogP contribution >= 0.6 is 0 Å². The van der Waals surface area contributed by atoms with E-state index in [0.717, 1.165) is 11.1 Å². The van der Waals surface area contributed by atoms with E-state index in [1.165, 1.54) is 0 Å². The Bertz CT molecular complexity index is 276. The molecule has 2 rings (SSSR count). The molecule has 0 spiro atoms. The number of aliphatic hydroxyl groups excluding tert-OH is 1. The predicted octanol–water partition coefficient (Wildman–Crippen LogP) is 1.55. The SMILES string of the molecule is OC1C=Cc2[c]cccc21. The molecule has 0 saturated carbocycles. The quantitative estimate of drug-likeness (QED) is 0.566. The lowest BCUT2D eigenvalue weighted by molar-refractivity contribution is 0.232. The zero-order valence-electron chi connectivity index (χ0n) is 5.41. The molecule has 1 heteroatoms. The van der Waals surface area contributed by atoms with E-state index in [-0.39, 0.29) is 0 Å². The lowest BCUT2D eigenvalue weighted by Gasteiger charge is -2.00. The van der Waals surface area contributed by atoms with Gasteiger partial charge in [0.05, 0.1) is 6.10 Å². The molecule has 0 amide bonds. The average molecular weight is 131 g/mol. The second kappa shape index (κ2) is 1.96. The van der Waals surface area contributed by atoms with Crippen LogP contribution in [0.25, 0.3) is 6.08 Å². The first-order valence-electron chi connectivity index (χ1n) is 3.25. The van der Waals surface area contributed by atoms with Crippen molar-refractivity contribution in [2.45, 2.75) is 6.10 Å². The van der Waals surface area contributed by atoms with Crippen molar-refractivity contribution in [3.8, 4) is 0 Å². The number of fused-ring (bicyclic) bond motifs is 1. The molecule has 1 aromatic carbocycles. The minimum absolute atomic E-state index is 0.410. The van der Waals surface area contributed by atoms with Gasteiger partial charge in [0.25, 0.3) is 0 Å². The lowest BCUT2D eigenvalue weighted by atomic mass is 10.1. The van der Waals surface area contributed by atoms with E-state index < -0.39 is 6.10 Å². The number of aliphatic hydroxyl groups is 1. The summed E-state index contributed by atoms with van der Waals surface area (Å²) in [6.45, 7) is 0. The summed E-state index contributed by atoms with van der Waals surface area (Å²) in [6, 6.07) is 8.68. The summed E-state index contributed by atoms with van der Waals surface area (Å²) in [4.78, 5) is 0. The van der Waals surface area contributed by atoms with E-state index in [9.17, 15) is 5.11 Å². The predicted molar refractivity (Wildman–Crippen MR) is 39.3 cm³/mol. The van der Waals surface area contributed by atoms with Gasteiger partial charge in [-0.15, -0.1) is 0 Å². The fraction of sp³-hybridized carbons (Fsp3) is 0.111. The van der Waals surface area contributed by atoms with Gasteiger partial charge in [0.1, 0.15) is 0 Å². The number of benzene rings is 1. The highest BCUT2D eigenvalue weighted by atomic mass is 16.3. The Morgan fingerprint density at radius 1 is 1.50 bits per heavy atom. The van der Waals surface area contributed by atoms with E-state index in [1.807, 2.05) is 24.3 Å². The third kappa shape index (κ3) is 0.677. The Kier molecular flexibility index (Phi) is 1.11. The molecule has 0 fully saturated rings. The molecule has 1 atom stereocenters. The topological polar surface area (TPSA) is 20.2 Å². The fourth-order valence-corrected chi connectivity index (χ4v) is 1.16. The molecule has 10 heavy (non-hydrogen) atoms. The third-order valence-corrected chi connectivity index (χ3v) is 1.69. The minimum Gasteiger partial charge on any atom is -0.384 e. The second-order valence-corrected chi connectivity index (χ2v) is 2.34. The second-order valence-electron chi connectivity index (χ2n) is 2.34. The van der Waals surface area contributed by atoms with Crippen LogP contribution < -0.4 is 0 Å². The van der Waals surface area contributed by atoms with Gasteiger partial charge in [0.15, 0.2) is 0 Å². The molecule has 1 radical (unpaired) electrons. The van der Waals surface area contributed by atoms with Crippen molar-refractivity contribution in [3.05, 3.63) is 41.5 Å². The van der Waals surface area contributed by atoms with Crippen molar-refractivity contribution in [1.29, 1.82) is 0 Å². The highest BCUT2D eigenvalue weighted by Gasteiger charge is 2.12. The van der Waals surface area contributed by atoms with Gasteiger partial charge in [0.2, 0.25) is 0 Å². The molecule has 49 valence electrons. The summed E-state index contributed by atoms with van der Waals surface area (Å²) >= 11 is 0. The van der Waals surface area contributed by atoms with Crippen molar-refractivity contribution in [2.75, 3.05) is 0 Å².